The third-order valence-corrected chi connectivity index (χ3v) is 4.89. The maximum atomic E-state index is 12.1. The second-order valence-electron chi connectivity index (χ2n) is 7.03. The van der Waals surface area contributed by atoms with Crippen LogP contribution < -0.4 is 15.4 Å². The van der Waals surface area contributed by atoms with Crippen LogP contribution in [0.4, 0.5) is 10.5 Å². The molecule has 1 unspecified atom stereocenters. The summed E-state index contributed by atoms with van der Waals surface area (Å²) in [5.74, 6) is 0.778. The van der Waals surface area contributed by atoms with Crippen molar-refractivity contribution in [2.75, 3.05) is 18.5 Å². The fourth-order valence-electron chi connectivity index (χ4n) is 3.33. The van der Waals surface area contributed by atoms with Crippen molar-refractivity contribution < 1.29 is 14.3 Å². The van der Waals surface area contributed by atoms with E-state index >= 15 is 0 Å². The zero-order chi connectivity index (χ0) is 19.2. The van der Waals surface area contributed by atoms with Crippen LogP contribution in [0.5, 0.6) is 5.75 Å². The first kappa shape index (κ1) is 18.4. The number of amides is 2. The van der Waals surface area contributed by atoms with E-state index in [0.29, 0.717) is 13.2 Å². The minimum atomic E-state index is -0.238. The Balaban J connectivity index is 1.23. The van der Waals surface area contributed by atoms with E-state index in [1.165, 1.54) is 6.42 Å². The molecule has 146 valence electrons. The van der Waals surface area contributed by atoms with E-state index in [0.717, 1.165) is 47.4 Å². The number of fused-ring (bicyclic) bond motifs is 1. The van der Waals surface area contributed by atoms with Gasteiger partial charge < -0.3 is 25.1 Å². The Morgan fingerprint density at radius 2 is 2.04 bits per heavy atom. The van der Waals surface area contributed by atoms with E-state index < -0.39 is 0 Å². The predicted molar refractivity (Wildman–Crippen MR) is 110 cm³/mol. The number of nitrogens with one attached hydrogen (secondary N) is 3. The zero-order valence-electron chi connectivity index (χ0n) is 15.7. The summed E-state index contributed by atoms with van der Waals surface area (Å²) in [6, 6.07) is 15.2. The van der Waals surface area contributed by atoms with Crippen molar-refractivity contribution >= 4 is 22.6 Å². The monoisotopic (exact) mass is 379 g/mol. The molecule has 0 radical (unpaired) electrons. The first-order valence-corrected chi connectivity index (χ1v) is 9.71. The Hall–Kier alpha value is -2.99. The van der Waals surface area contributed by atoms with Crippen LogP contribution >= 0.6 is 0 Å². The molecule has 2 aromatic carbocycles. The van der Waals surface area contributed by atoms with E-state index in [2.05, 4.69) is 21.7 Å². The lowest BCUT2D eigenvalue weighted by molar-refractivity contribution is -0.0110. The number of carbonyl (C=O) groups is 1. The van der Waals surface area contributed by atoms with Gasteiger partial charge in [-0.15, -0.1) is 0 Å². The lowest BCUT2D eigenvalue weighted by Gasteiger charge is -2.22. The van der Waals surface area contributed by atoms with Crippen LogP contribution in [0.2, 0.25) is 0 Å². The highest BCUT2D eigenvalue weighted by atomic mass is 16.5. The Morgan fingerprint density at radius 1 is 1.14 bits per heavy atom. The summed E-state index contributed by atoms with van der Waals surface area (Å²) in [6.45, 7) is 1.86. The van der Waals surface area contributed by atoms with E-state index in [1.54, 1.807) is 0 Å². The number of anilines is 1. The number of rotatable bonds is 6. The van der Waals surface area contributed by atoms with Crippen LogP contribution in [0.1, 0.15) is 24.8 Å². The van der Waals surface area contributed by atoms with Crippen molar-refractivity contribution in [1.82, 2.24) is 10.3 Å². The quantitative estimate of drug-likeness (QED) is 0.593. The van der Waals surface area contributed by atoms with Crippen molar-refractivity contribution in [2.24, 2.45) is 0 Å². The summed E-state index contributed by atoms with van der Waals surface area (Å²) in [6.07, 6.45) is 5.48. The number of aromatic amines is 1. The Morgan fingerprint density at radius 3 is 2.86 bits per heavy atom. The smallest absolute Gasteiger partial charge is 0.319 e. The fraction of sp³-hybridized carbons (Fsp3) is 0.318. The molecule has 2 amide bonds. The molecular weight excluding hydrogens is 354 g/mol. The summed E-state index contributed by atoms with van der Waals surface area (Å²) in [5, 5.41) is 6.85. The fourth-order valence-corrected chi connectivity index (χ4v) is 3.33. The van der Waals surface area contributed by atoms with Crippen LogP contribution in [0.25, 0.3) is 10.9 Å². The first-order valence-electron chi connectivity index (χ1n) is 9.71. The highest BCUT2D eigenvalue weighted by Crippen LogP contribution is 2.19. The van der Waals surface area contributed by atoms with Gasteiger partial charge in [-0.3, -0.25) is 0 Å². The number of urea groups is 1. The van der Waals surface area contributed by atoms with Crippen LogP contribution in [0.3, 0.4) is 0 Å². The second-order valence-corrected chi connectivity index (χ2v) is 7.03. The molecule has 6 heteroatoms. The van der Waals surface area contributed by atoms with Crippen LogP contribution in [-0.4, -0.2) is 30.3 Å². The molecule has 3 N–H and O–H groups in total. The molecule has 6 nitrogen and oxygen atoms in total. The normalized spacial score (nSPS) is 16.6. The average Bonchev–Trinajstić information content (AvgIpc) is 3.20. The third-order valence-electron chi connectivity index (χ3n) is 4.89. The number of carbonyl (C=O) groups excluding carboxylic acids is 1. The van der Waals surface area contributed by atoms with Gasteiger partial charge in [-0.25, -0.2) is 4.79 Å². The van der Waals surface area contributed by atoms with Gasteiger partial charge in [0.15, 0.2) is 0 Å². The van der Waals surface area contributed by atoms with Gasteiger partial charge in [0.05, 0.1) is 6.10 Å². The van der Waals surface area contributed by atoms with Crippen molar-refractivity contribution in [2.45, 2.75) is 31.9 Å². The van der Waals surface area contributed by atoms with Gasteiger partial charge in [0.2, 0.25) is 0 Å². The molecule has 3 aromatic rings. The van der Waals surface area contributed by atoms with Crippen LogP contribution in [-0.2, 0) is 11.3 Å². The lowest BCUT2D eigenvalue weighted by Crippen LogP contribution is -2.28. The number of hydrogen-bond acceptors (Lipinski definition) is 3. The van der Waals surface area contributed by atoms with Crippen molar-refractivity contribution in [3.8, 4) is 5.75 Å². The minimum absolute atomic E-state index is 0.183. The van der Waals surface area contributed by atoms with Gasteiger partial charge in [0.25, 0.3) is 0 Å². The largest absolute Gasteiger partial charge is 0.491 e. The molecule has 28 heavy (non-hydrogen) atoms. The summed E-state index contributed by atoms with van der Waals surface area (Å²) in [4.78, 5) is 15.3. The minimum Gasteiger partial charge on any atom is -0.491 e. The summed E-state index contributed by atoms with van der Waals surface area (Å²) in [7, 11) is 0. The van der Waals surface area contributed by atoms with E-state index in [4.69, 9.17) is 9.47 Å². The molecule has 0 aliphatic carbocycles. The van der Waals surface area contributed by atoms with Gasteiger partial charge in [0.1, 0.15) is 12.4 Å². The van der Waals surface area contributed by atoms with Gasteiger partial charge in [-0.2, -0.15) is 0 Å². The highest BCUT2D eigenvalue weighted by molar-refractivity contribution is 5.89. The molecule has 1 aliphatic rings. The van der Waals surface area contributed by atoms with E-state index in [-0.39, 0.29) is 12.1 Å². The van der Waals surface area contributed by atoms with E-state index in [1.807, 2.05) is 48.7 Å². The number of hydrogen-bond donors (Lipinski definition) is 3. The van der Waals surface area contributed by atoms with Crippen LogP contribution in [0.15, 0.2) is 54.7 Å². The molecule has 0 saturated carbocycles. The topological polar surface area (TPSA) is 75.4 Å². The zero-order valence-corrected chi connectivity index (χ0v) is 15.7. The molecule has 1 atom stereocenters. The molecule has 1 fully saturated rings. The molecular formula is C22H25N3O3. The number of H-pyrrole nitrogens is 1. The standard InChI is InChI=1S/C22H25N3O3/c26-22(24-14-16-4-9-21-17(13-16)10-11-23-21)25-18-5-7-19(8-6-18)28-15-20-3-1-2-12-27-20/h4-11,13,20,23H,1-3,12,14-15H2,(H2,24,25,26). The van der Waals surface area contributed by atoms with E-state index in [9.17, 15) is 4.79 Å². The summed E-state index contributed by atoms with van der Waals surface area (Å²) in [5.41, 5.74) is 2.86. The maximum absolute atomic E-state index is 12.1. The first-order chi connectivity index (χ1) is 13.8. The van der Waals surface area contributed by atoms with Gasteiger partial charge in [-0.05, 0) is 72.7 Å². The molecule has 1 aromatic heterocycles. The molecule has 1 aliphatic heterocycles. The molecule has 0 spiro atoms. The van der Waals surface area contributed by atoms with Gasteiger partial charge in [0, 0.05) is 30.6 Å². The third kappa shape index (κ3) is 4.84. The molecule has 0 bridgehead atoms. The second kappa shape index (κ2) is 8.80. The summed E-state index contributed by atoms with van der Waals surface area (Å²) < 4.78 is 11.4. The van der Waals surface area contributed by atoms with Crippen molar-refractivity contribution in [3.63, 3.8) is 0 Å². The van der Waals surface area contributed by atoms with Gasteiger partial charge in [-0.1, -0.05) is 6.07 Å². The maximum Gasteiger partial charge on any atom is 0.319 e. The number of ether oxygens (including phenoxy) is 2. The summed E-state index contributed by atoms with van der Waals surface area (Å²) >= 11 is 0. The SMILES string of the molecule is O=C(NCc1ccc2[nH]ccc2c1)Nc1ccc(OCC2CCCCO2)cc1. The van der Waals surface area contributed by atoms with Crippen molar-refractivity contribution in [3.05, 3.63) is 60.3 Å². The molecule has 4 rings (SSSR count). The van der Waals surface area contributed by atoms with Gasteiger partial charge >= 0.3 is 6.03 Å². The van der Waals surface area contributed by atoms with Crippen molar-refractivity contribution in [1.29, 1.82) is 0 Å². The Kier molecular flexibility index (Phi) is 5.77. The lowest BCUT2D eigenvalue weighted by atomic mass is 10.1. The Labute approximate surface area is 164 Å². The molecule has 1 saturated heterocycles. The Bertz CT molecular complexity index is 914. The van der Waals surface area contributed by atoms with Crippen LogP contribution in [0, 0.1) is 0 Å². The highest BCUT2D eigenvalue weighted by Gasteiger charge is 2.14. The molecule has 2 heterocycles. The average molecular weight is 379 g/mol. The number of aromatic nitrogens is 1. The number of benzene rings is 2. The predicted octanol–water partition coefficient (Wildman–Crippen LogP) is 4.44.